The lowest BCUT2D eigenvalue weighted by Gasteiger charge is -2.08. The van der Waals surface area contributed by atoms with Crippen LogP contribution in [0.3, 0.4) is 0 Å². The van der Waals surface area contributed by atoms with Gasteiger partial charge in [-0.2, -0.15) is 0 Å². The summed E-state index contributed by atoms with van der Waals surface area (Å²) in [5, 5.41) is 5.98. The van der Waals surface area contributed by atoms with Gasteiger partial charge in [-0.25, -0.2) is 0 Å². The first kappa shape index (κ1) is 21.7. The second-order valence-electron chi connectivity index (χ2n) is 7.32. The molecule has 0 aliphatic rings. The summed E-state index contributed by atoms with van der Waals surface area (Å²) < 4.78 is 0. The van der Waals surface area contributed by atoms with Gasteiger partial charge in [-0.05, 0) is 48.9 Å². The molecule has 0 bridgehead atoms. The van der Waals surface area contributed by atoms with Gasteiger partial charge in [-0.1, -0.05) is 61.4 Å². The normalized spacial score (nSPS) is 10.5. The summed E-state index contributed by atoms with van der Waals surface area (Å²) in [5.41, 5.74) is 4.48. The first-order valence-electron chi connectivity index (χ1n) is 10.2. The van der Waals surface area contributed by atoms with Gasteiger partial charge in [0.2, 0.25) is 11.8 Å². The zero-order valence-corrected chi connectivity index (χ0v) is 17.1. The molecular weight excluding hydrogens is 348 g/mol. The maximum Gasteiger partial charge on any atom is 0.224 e. The average molecular weight is 381 g/mol. The lowest BCUT2D eigenvalue weighted by atomic mass is 10.1. The summed E-state index contributed by atoms with van der Waals surface area (Å²) in [7, 11) is 0. The van der Waals surface area contributed by atoms with Gasteiger partial charge < -0.3 is 10.6 Å². The number of hydrogen-bond donors (Lipinski definition) is 2. The van der Waals surface area contributed by atoms with Gasteiger partial charge in [0.15, 0.2) is 0 Å². The van der Waals surface area contributed by atoms with Crippen LogP contribution in [-0.4, -0.2) is 24.9 Å². The van der Waals surface area contributed by atoms with Crippen LogP contribution >= 0.6 is 0 Å². The Kier molecular flexibility index (Phi) is 9.26. The number of carbonyl (C=O) groups is 2. The second-order valence-corrected chi connectivity index (χ2v) is 7.32. The van der Waals surface area contributed by atoms with Crippen molar-refractivity contribution in [1.29, 1.82) is 0 Å². The molecule has 2 amide bonds. The summed E-state index contributed by atoms with van der Waals surface area (Å²) in [6.45, 7) is 5.49. The van der Waals surface area contributed by atoms with E-state index in [2.05, 4.69) is 10.6 Å². The molecule has 2 N–H and O–H groups in total. The molecule has 0 unspecified atom stereocenters. The van der Waals surface area contributed by atoms with Crippen molar-refractivity contribution in [2.75, 3.05) is 13.1 Å². The maximum absolute atomic E-state index is 12.0. The van der Waals surface area contributed by atoms with Crippen LogP contribution in [0, 0.1) is 13.8 Å². The number of benzene rings is 2. The van der Waals surface area contributed by atoms with E-state index < -0.39 is 0 Å². The van der Waals surface area contributed by atoms with E-state index in [9.17, 15) is 9.59 Å². The highest BCUT2D eigenvalue weighted by Crippen LogP contribution is 2.08. The molecule has 0 fully saturated rings. The second kappa shape index (κ2) is 12.0. The van der Waals surface area contributed by atoms with Gasteiger partial charge in [-0.3, -0.25) is 9.59 Å². The fourth-order valence-corrected chi connectivity index (χ4v) is 3.15. The number of rotatable bonds is 11. The lowest BCUT2D eigenvalue weighted by Crippen LogP contribution is -2.27. The highest BCUT2D eigenvalue weighted by molar-refractivity contribution is 5.79. The van der Waals surface area contributed by atoms with E-state index in [-0.39, 0.29) is 11.8 Å². The minimum absolute atomic E-state index is 0.0813. The Hall–Kier alpha value is -2.62. The van der Waals surface area contributed by atoms with E-state index in [4.69, 9.17) is 0 Å². The third-order valence-electron chi connectivity index (χ3n) is 4.97. The van der Waals surface area contributed by atoms with Gasteiger partial charge in [0.05, 0.1) is 12.8 Å². The number of aryl methyl sites for hydroxylation is 2. The molecule has 0 radical (unpaired) electrons. The minimum atomic E-state index is 0.0813. The molecule has 4 nitrogen and oxygen atoms in total. The molecule has 0 aliphatic carbocycles. The van der Waals surface area contributed by atoms with Crippen LogP contribution < -0.4 is 10.6 Å². The summed E-state index contributed by atoms with van der Waals surface area (Å²) in [6, 6.07) is 16.0. The molecule has 28 heavy (non-hydrogen) atoms. The fraction of sp³-hybridized carbons (Fsp3) is 0.417. The SMILES string of the molecule is Cc1ccccc1CC(=O)NCCCCCCNC(=O)Cc1ccccc1C. The molecule has 0 saturated heterocycles. The molecule has 0 saturated carbocycles. The van der Waals surface area contributed by atoms with Crippen LogP contribution in [0.15, 0.2) is 48.5 Å². The summed E-state index contributed by atoms with van der Waals surface area (Å²) in [6.07, 6.45) is 4.93. The van der Waals surface area contributed by atoms with Crippen molar-refractivity contribution in [3.05, 3.63) is 70.8 Å². The predicted octanol–water partition coefficient (Wildman–Crippen LogP) is 3.88. The predicted molar refractivity (Wildman–Crippen MR) is 114 cm³/mol. The summed E-state index contributed by atoms with van der Waals surface area (Å²) in [5.74, 6) is 0.163. The Labute approximate surface area is 168 Å². The molecule has 0 spiro atoms. The van der Waals surface area contributed by atoms with Crippen LogP contribution in [0.25, 0.3) is 0 Å². The molecular formula is C24H32N2O2. The average Bonchev–Trinajstić information content (AvgIpc) is 2.67. The fourth-order valence-electron chi connectivity index (χ4n) is 3.15. The first-order valence-corrected chi connectivity index (χ1v) is 10.2. The highest BCUT2D eigenvalue weighted by Gasteiger charge is 2.06. The van der Waals surface area contributed by atoms with Crippen molar-refractivity contribution in [2.45, 2.75) is 52.4 Å². The lowest BCUT2D eigenvalue weighted by molar-refractivity contribution is -0.121. The molecule has 2 aromatic carbocycles. The number of unbranched alkanes of at least 4 members (excludes halogenated alkanes) is 3. The molecule has 0 aromatic heterocycles. The van der Waals surface area contributed by atoms with Crippen LogP contribution in [-0.2, 0) is 22.4 Å². The molecule has 0 aliphatic heterocycles. The summed E-state index contributed by atoms with van der Waals surface area (Å²) >= 11 is 0. The van der Waals surface area contributed by atoms with Gasteiger partial charge in [0, 0.05) is 13.1 Å². The third-order valence-corrected chi connectivity index (χ3v) is 4.97. The molecule has 0 heterocycles. The van der Waals surface area contributed by atoms with Crippen LogP contribution in [0.4, 0.5) is 0 Å². The monoisotopic (exact) mass is 380 g/mol. The summed E-state index contributed by atoms with van der Waals surface area (Å²) in [4.78, 5) is 24.0. The van der Waals surface area contributed by atoms with Crippen LogP contribution in [0.2, 0.25) is 0 Å². The van der Waals surface area contributed by atoms with Gasteiger partial charge in [0.1, 0.15) is 0 Å². The third kappa shape index (κ3) is 7.95. The van der Waals surface area contributed by atoms with E-state index in [1.165, 1.54) is 0 Å². The van der Waals surface area contributed by atoms with Crippen molar-refractivity contribution in [3.8, 4) is 0 Å². The van der Waals surface area contributed by atoms with Gasteiger partial charge in [0.25, 0.3) is 0 Å². The van der Waals surface area contributed by atoms with E-state index in [0.29, 0.717) is 25.9 Å². The van der Waals surface area contributed by atoms with E-state index in [1.54, 1.807) is 0 Å². The quantitative estimate of drug-likeness (QED) is 0.581. The van der Waals surface area contributed by atoms with Crippen molar-refractivity contribution in [1.82, 2.24) is 10.6 Å². The molecule has 2 rings (SSSR count). The number of amides is 2. The molecule has 0 atom stereocenters. The number of hydrogen-bond acceptors (Lipinski definition) is 2. The van der Waals surface area contributed by atoms with Crippen LogP contribution in [0.5, 0.6) is 0 Å². The van der Waals surface area contributed by atoms with Crippen molar-refractivity contribution < 1.29 is 9.59 Å². The Balaban J connectivity index is 1.48. The van der Waals surface area contributed by atoms with Gasteiger partial charge >= 0.3 is 0 Å². The van der Waals surface area contributed by atoms with Crippen molar-refractivity contribution >= 4 is 11.8 Å². The Bertz CT molecular complexity index is 705. The first-order chi connectivity index (χ1) is 13.6. The van der Waals surface area contributed by atoms with E-state index in [1.807, 2.05) is 62.4 Å². The molecule has 150 valence electrons. The van der Waals surface area contributed by atoms with E-state index in [0.717, 1.165) is 47.9 Å². The Morgan fingerprint density at radius 3 is 1.43 bits per heavy atom. The zero-order valence-electron chi connectivity index (χ0n) is 17.1. The molecule has 2 aromatic rings. The maximum atomic E-state index is 12.0. The standard InChI is InChI=1S/C24H32N2O2/c1-19-11-5-7-13-21(19)17-23(27)25-15-9-3-4-10-16-26-24(28)18-22-14-8-6-12-20(22)2/h5-8,11-14H,3-4,9-10,15-18H2,1-2H3,(H,25,27)(H,26,28). The highest BCUT2D eigenvalue weighted by atomic mass is 16.2. The largest absolute Gasteiger partial charge is 0.356 e. The minimum Gasteiger partial charge on any atom is -0.356 e. The van der Waals surface area contributed by atoms with Crippen molar-refractivity contribution in [2.24, 2.45) is 0 Å². The van der Waals surface area contributed by atoms with Crippen LogP contribution in [0.1, 0.15) is 47.9 Å². The van der Waals surface area contributed by atoms with Crippen molar-refractivity contribution in [3.63, 3.8) is 0 Å². The topological polar surface area (TPSA) is 58.2 Å². The number of nitrogens with one attached hydrogen (secondary N) is 2. The van der Waals surface area contributed by atoms with Gasteiger partial charge in [-0.15, -0.1) is 0 Å². The number of carbonyl (C=O) groups excluding carboxylic acids is 2. The Morgan fingerprint density at radius 1 is 0.643 bits per heavy atom. The Morgan fingerprint density at radius 2 is 1.04 bits per heavy atom. The zero-order chi connectivity index (χ0) is 20.2. The smallest absolute Gasteiger partial charge is 0.224 e. The van der Waals surface area contributed by atoms with E-state index >= 15 is 0 Å². The molecule has 4 heteroatoms.